The highest BCUT2D eigenvalue weighted by molar-refractivity contribution is 7.92. The van der Waals surface area contributed by atoms with E-state index in [-0.39, 0.29) is 10.8 Å². The smallest absolute Gasteiger partial charge is 0.261 e. The minimum Gasteiger partial charge on any atom is -0.367 e. The number of hydrogen-bond donors (Lipinski definition) is 2. The zero-order valence-electron chi connectivity index (χ0n) is 19.6. The number of anilines is 2. The van der Waals surface area contributed by atoms with E-state index in [0.29, 0.717) is 11.3 Å². The second-order valence-corrected chi connectivity index (χ2v) is 10.7. The van der Waals surface area contributed by atoms with Crippen molar-refractivity contribution < 1.29 is 13.2 Å². The number of nitrogens with zero attached hydrogens (tertiary/aromatic N) is 2. The number of piperazine rings is 1. The Morgan fingerprint density at radius 3 is 2.24 bits per heavy atom. The molecule has 0 saturated carbocycles. The molecule has 2 heterocycles. The number of aryl methyl sites for hydroxylation is 2. The molecule has 2 N–H and O–H groups in total. The van der Waals surface area contributed by atoms with E-state index >= 15 is 0 Å². The maximum atomic E-state index is 13.3. The van der Waals surface area contributed by atoms with Gasteiger partial charge >= 0.3 is 0 Å². The maximum Gasteiger partial charge on any atom is 0.261 e. The summed E-state index contributed by atoms with van der Waals surface area (Å²) in [5.74, 6) is -0.0320. The first-order chi connectivity index (χ1) is 15.8. The van der Waals surface area contributed by atoms with Gasteiger partial charge in [-0.25, -0.2) is 8.42 Å². The lowest BCUT2D eigenvalue weighted by atomic mass is 10.1. The van der Waals surface area contributed by atoms with Gasteiger partial charge in [0.25, 0.3) is 15.9 Å². The van der Waals surface area contributed by atoms with E-state index in [1.165, 1.54) is 0 Å². The number of likely N-dealkylation sites (tertiary alicyclic amines) is 1. The fourth-order valence-corrected chi connectivity index (χ4v) is 5.62. The van der Waals surface area contributed by atoms with E-state index in [1.807, 2.05) is 36.9 Å². The third kappa shape index (κ3) is 5.50. The molecule has 1 amide bonds. The second kappa shape index (κ2) is 10.1. The van der Waals surface area contributed by atoms with Gasteiger partial charge in [0.05, 0.1) is 16.3 Å². The summed E-state index contributed by atoms with van der Waals surface area (Å²) in [4.78, 5) is 17.5. The highest BCUT2D eigenvalue weighted by Crippen LogP contribution is 2.31. The monoisotopic (exact) mass is 470 g/mol. The number of carbonyl (C=O) groups excluding carboxylic acids is 1. The first kappa shape index (κ1) is 23.6. The molecule has 0 atom stereocenters. The number of nitrogens with one attached hydrogen (secondary N) is 2. The number of hydrogen-bond acceptors (Lipinski definition) is 5. The molecule has 0 radical (unpaired) electrons. The average Bonchev–Trinajstić information content (AvgIpc) is 3.10. The predicted molar refractivity (Wildman–Crippen MR) is 133 cm³/mol. The van der Waals surface area contributed by atoms with Gasteiger partial charge in [0.2, 0.25) is 0 Å². The van der Waals surface area contributed by atoms with Crippen molar-refractivity contribution in [3.8, 4) is 0 Å². The van der Waals surface area contributed by atoms with E-state index in [1.54, 1.807) is 18.2 Å². The normalized spacial score (nSPS) is 17.5. The quantitative estimate of drug-likeness (QED) is 0.699. The standard InChI is InChI=1S/C25H34N4O3S/c1-19-7-9-22(17-20(19)2)33(31,32)27-23-18-21(25(30)29-13-5-3-4-6-14-29)8-10-24(23)28-15-11-26-12-16-28/h7-10,17-18,26-27H,3-6,11-16H2,1-2H3. The van der Waals surface area contributed by atoms with Crippen LogP contribution in [-0.4, -0.2) is 58.5 Å². The lowest BCUT2D eigenvalue weighted by Gasteiger charge is -2.31. The summed E-state index contributed by atoms with van der Waals surface area (Å²) in [5.41, 5.74) is 3.74. The van der Waals surface area contributed by atoms with Crippen molar-refractivity contribution in [2.45, 2.75) is 44.4 Å². The van der Waals surface area contributed by atoms with Crippen molar-refractivity contribution in [2.75, 3.05) is 48.9 Å². The molecule has 8 heteroatoms. The Balaban J connectivity index is 1.68. The van der Waals surface area contributed by atoms with E-state index < -0.39 is 10.0 Å². The summed E-state index contributed by atoms with van der Waals surface area (Å²) < 4.78 is 29.4. The summed E-state index contributed by atoms with van der Waals surface area (Å²) in [7, 11) is -3.80. The molecule has 0 spiro atoms. The van der Waals surface area contributed by atoms with E-state index in [9.17, 15) is 13.2 Å². The molecule has 0 unspecified atom stereocenters. The largest absolute Gasteiger partial charge is 0.367 e. The fraction of sp³-hybridized carbons (Fsp3) is 0.480. The molecule has 2 aromatic rings. The Kier molecular flexibility index (Phi) is 7.24. The van der Waals surface area contributed by atoms with Crippen LogP contribution in [0.1, 0.15) is 47.2 Å². The number of amides is 1. The molecular formula is C25H34N4O3S. The highest BCUT2D eigenvalue weighted by atomic mass is 32.2. The Hall–Kier alpha value is -2.58. The van der Waals surface area contributed by atoms with Crippen LogP contribution in [0.5, 0.6) is 0 Å². The van der Waals surface area contributed by atoms with E-state index in [0.717, 1.165) is 81.8 Å². The SMILES string of the molecule is Cc1ccc(S(=O)(=O)Nc2cc(C(=O)N3CCCCCC3)ccc2N2CCNCC2)cc1C. The second-order valence-electron chi connectivity index (χ2n) is 9.03. The summed E-state index contributed by atoms with van der Waals surface area (Å²) in [6.45, 7) is 8.58. The number of carbonyl (C=O) groups is 1. The van der Waals surface area contributed by atoms with Crippen LogP contribution in [0.4, 0.5) is 11.4 Å². The van der Waals surface area contributed by atoms with Crippen molar-refractivity contribution in [2.24, 2.45) is 0 Å². The molecule has 0 aromatic heterocycles. The van der Waals surface area contributed by atoms with Gasteiger partial charge in [-0.05, 0) is 68.1 Å². The van der Waals surface area contributed by atoms with Crippen LogP contribution in [0.25, 0.3) is 0 Å². The van der Waals surface area contributed by atoms with Crippen molar-refractivity contribution in [3.63, 3.8) is 0 Å². The molecule has 2 aliphatic rings. The highest BCUT2D eigenvalue weighted by Gasteiger charge is 2.23. The summed E-state index contributed by atoms with van der Waals surface area (Å²) in [6.07, 6.45) is 4.31. The molecule has 2 saturated heterocycles. The zero-order valence-corrected chi connectivity index (χ0v) is 20.4. The lowest BCUT2D eigenvalue weighted by molar-refractivity contribution is 0.0761. The first-order valence-electron chi connectivity index (χ1n) is 11.8. The molecular weight excluding hydrogens is 436 g/mol. The van der Waals surface area contributed by atoms with Crippen LogP contribution >= 0.6 is 0 Å². The summed E-state index contributed by atoms with van der Waals surface area (Å²) in [5, 5.41) is 3.33. The Bertz CT molecular complexity index is 1100. The van der Waals surface area contributed by atoms with Crippen LogP contribution in [0, 0.1) is 13.8 Å². The van der Waals surface area contributed by atoms with Crippen LogP contribution in [0.2, 0.25) is 0 Å². The zero-order chi connectivity index (χ0) is 23.4. The van der Waals surface area contributed by atoms with Gasteiger partial charge in [0.15, 0.2) is 0 Å². The molecule has 2 aromatic carbocycles. The molecule has 178 valence electrons. The summed E-state index contributed by atoms with van der Waals surface area (Å²) in [6, 6.07) is 10.6. The third-order valence-electron chi connectivity index (χ3n) is 6.63. The van der Waals surface area contributed by atoms with Gasteiger partial charge in [-0.2, -0.15) is 0 Å². The van der Waals surface area contributed by atoms with Crippen molar-refractivity contribution in [3.05, 3.63) is 53.1 Å². The van der Waals surface area contributed by atoms with Crippen molar-refractivity contribution >= 4 is 27.3 Å². The summed E-state index contributed by atoms with van der Waals surface area (Å²) >= 11 is 0. The van der Waals surface area contributed by atoms with Crippen molar-refractivity contribution in [1.82, 2.24) is 10.2 Å². The average molecular weight is 471 g/mol. The van der Waals surface area contributed by atoms with Crippen LogP contribution in [-0.2, 0) is 10.0 Å². The molecule has 0 aliphatic carbocycles. The molecule has 7 nitrogen and oxygen atoms in total. The molecule has 33 heavy (non-hydrogen) atoms. The minimum absolute atomic E-state index is 0.0320. The minimum atomic E-state index is -3.80. The fourth-order valence-electron chi connectivity index (χ4n) is 4.47. The van der Waals surface area contributed by atoms with Crippen LogP contribution in [0.15, 0.2) is 41.3 Å². The number of rotatable bonds is 5. The van der Waals surface area contributed by atoms with Gasteiger partial charge in [-0.3, -0.25) is 9.52 Å². The third-order valence-corrected chi connectivity index (χ3v) is 7.99. The van der Waals surface area contributed by atoms with Gasteiger partial charge in [-0.1, -0.05) is 18.9 Å². The Labute approximate surface area is 197 Å². The molecule has 4 rings (SSSR count). The van der Waals surface area contributed by atoms with Gasteiger partial charge < -0.3 is 15.1 Å². The molecule has 0 bridgehead atoms. The van der Waals surface area contributed by atoms with Crippen molar-refractivity contribution in [1.29, 1.82) is 0 Å². The topological polar surface area (TPSA) is 81.8 Å². The lowest BCUT2D eigenvalue weighted by Crippen LogP contribution is -2.43. The molecule has 2 fully saturated rings. The van der Waals surface area contributed by atoms with Crippen LogP contribution in [0.3, 0.4) is 0 Å². The number of benzene rings is 2. The Morgan fingerprint density at radius 1 is 0.879 bits per heavy atom. The van der Waals surface area contributed by atoms with E-state index in [2.05, 4.69) is 14.9 Å². The maximum absolute atomic E-state index is 13.3. The van der Waals surface area contributed by atoms with Gasteiger partial charge in [0, 0.05) is 44.8 Å². The Morgan fingerprint density at radius 2 is 1.58 bits per heavy atom. The molecule has 2 aliphatic heterocycles. The number of sulfonamides is 1. The predicted octanol–water partition coefficient (Wildman–Crippen LogP) is 3.53. The van der Waals surface area contributed by atoms with Crippen LogP contribution < -0.4 is 14.9 Å². The first-order valence-corrected chi connectivity index (χ1v) is 13.3. The van der Waals surface area contributed by atoms with Gasteiger partial charge in [-0.15, -0.1) is 0 Å². The van der Waals surface area contributed by atoms with Gasteiger partial charge in [0.1, 0.15) is 0 Å². The van der Waals surface area contributed by atoms with E-state index in [4.69, 9.17) is 0 Å².